The number of carbonyl (C=O) groups is 2. The summed E-state index contributed by atoms with van der Waals surface area (Å²) in [6.07, 6.45) is 1.73. The smallest absolute Gasteiger partial charge is 0.326 e. The van der Waals surface area contributed by atoms with Crippen LogP contribution in [0.1, 0.15) is 5.56 Å². The van der Waals surface area contributed by atoms with Gasteiger partial charge in [-0.25, -0.2) is 4.79 Å². The maximum atomic E-state index is 13.0. The summed E-state index contributed by atoms with van der Waals surface area (Å²) in [6, 6.07) is 10.3. The highest BCUT2D eigenvalue weighted by Gasteiger charge is 2.26. The van der Waals surface area contributed by atoms with Crippen LogP contribution in [-0.2, 0) is 4.79 Å². The number of nitrogens with zero attached hydrogens (tertiary/aromatic N) is 1. The molecule has 0 unspecified atom stereocenters. The number of anilines is 2. The van der Waals surface area contributed by atoms with E-state index in [4.69, 9.17) is 26.4 Å². The molecule has 2 heterocycles. The Morgan fingerprint density at radius 2 is 2.03 bits per heavy atom. The van der Waals surface area contributed by atoms with E-state index in [9.17, 15) is 9.59 Å². The Bertz CT molecular complexity index is 1100. The van der Waals surface area contributed by atoms with Gasteiger partial charge in [-0.15, -0.1) is 0 Å². The molecule has 3 amide bonds. The summed E-state index contributed by atoms with van der Waals surface area (Å²) in [4.78, 5) is 27.1. The Hall–Kier alpha value is -3.24. The van der Waals surface area contributed by atoms with Gasteiger partial charge in [-0.3, -0.25) is 9.69 Å². The third-order valence-corrected chi connectivity index (χ3v) is 5.83. The van der Waals surface area contributed by atoms with Gasteiger partial charge in [-0.1, -0.05) is 30.0 Å². The lowest BCUT2D eigenvalue weighted by Gasteiger charge is -2.30. The second-order valence-electron chi connectivity index (χ2n) is 6.58. The molecule has 2 N–H and O–H groups in total. The molecule has 10 heteroatoms. The van der Waals surface area contributed by atoms with Crippen molar-refractivity contribution in [3.05, 3.63) is 46.9 Å². The Morgan fingerprint density at radius 3 is 2.74 bits per heavy atom. The average molecular weight is 458 g/mol. The first-order valence-corrected chi connectivity index (χ1v) is 10.5. The molecule has 8 nitrogen and oxygen atoms in total. The number of fused-ring (bicyclic) bond motifs is 1. The van der Waals surface area contributed by atoms with Crippen LogP contribution < -0.4 is 29.7 Å². The molecule has 160 valence electrons. The number of nitrogens with one attached hydrogen (secondary N) is 2. The van der Waals surface area contributed by atoms with Gasteiger partial charge in [0.05, 0.1) is 31.4 Å². The normalized spacial score (nSPS) is 16.5. The van der Waals surface area contributed by atoms with E-state index < -0.39 is 0 Å². The van der Waals surface area contributed by atoms with Gasteiger partial charge < -0.3 is 24.8 Å². The third kappa shape index (κ3) is 4.44. The van der Waals surface area contributed by atoms with Gasteiger partial charge in [0.25, 0.3) is 5.91 Å². The van der Waals surface area contributed by atoms with Crippen molar-refractivity contribution in [2.75, 3.05) is 37.6 Å². The van der Waals surface area contributed by atoms with Gasteiger partial charge in [0.1, 0.15) is 16.7 Å². The summed E-state index contributed by atoms with van der Waals surface area (Å²) in [7, 11) is 3.09. The Labute approximate surface area is 188 Å². The molecular formula is C21H19N3O5S2. The fourth-order valence-corrected chi connectivity index (χ4v) is 4.26. The lowest BCUT2D eigenvalue weighted by atomic mass is 10.1. The van der Waals surface area contributed by atoms with Crippen LogP contribution in [-0.4, -0.2) is 43.6 Å². The van der Waals surface area contributed by atoms with Gasteiger partial charge in [0.2, 0.25) is 0 Å². The minimum atomic E-state index is -0.310. The molecule has 0 atom stereocenters. The number of amides is 3. The van der Waals surface area contributed by atoms with Gasteiger partial charge in [-0.05, 0) is 35.9 Å². The van der Waals surface area contributed by atoms with Crippen molar-refractivity contribution >= 4 is 57.7 Å². The summed E-state index contributed by atoms with van der Waals surface area (Å²) in [5.74, 6) is 1.45. The van der Waals surface area contributed by atoms with Crippen LogP contribution in [0.25, 0.3) is 6.08 Å². The second-order valence-corrected chi connectivity index (χ2v) is 8.30. The van der Waals surface area contributed by atoms with Crippen LogP contribution in [0.2, 0.25) is 0 Å². The van der Waals surface area contributed by atoms with Gasteiger partial charge in [0.15, 0.2) is 11.5 Å². The number of thiocarbonyl (C=S) groups is 1. The number of methoxy groups -OCH3 is 2. The lowest BCUT2D eigenvalue weighted by molar-refractivity contribution is -0.115. The zero-order valence-corrected chi connectivity index (χ0v) is 18.4. The highest BCUT2D eigenvalue weighted by atomic mass is 32.2. The predicted octanol–water partition coefficient (Wildman–Crippen LogP) is 3.62. The molecular weight excluding hydrogens is 438 g/mol. The molecule has 0 radical (unpaired) electrons. The Kier molecular flexibility index (Phi) is 6.01. The minimum absolute atomic E-state index is 0.230. The molecule has 0 saturated carbocycles. The van der Waals surface area contributed by atoms with E-state index in [-0.39, 0.29) is 11.9 Å². The first kappa shape index (κ1) is 21.0. The largest absolute Gasteiger partial charge is 0.493 e. The molecule has 0 spiro atoms. The topological polar surface area (TPSA) is 89.1 Å². The van der Waals surface area contributed by atoms with Crippen LogP contribution in [0.15, 0.2) is 41.3 Å². The number of hydrogen-bond donors (Lipinski definition) is 2. The van der Waals surface area contributed by atoms with Crippen molar-refractivity contribution in [3.8, 4) is 17.2 Å². The molecule has 2 aromatic rings. The van der Waals surface area contributed by atoms with E-state index in [1.165, 1.54) is 18.9 Å². The van der Waals surface area contributed by atoms with Crippen molar-refractivity contribution in [3.63, 3.8) is 0 Å². The monoisotopic (exact) mass is 457 g/mol. The van der Waals surface area contributed by atoms with E-state index in [1.54, 1.807) is 42.4 Å². The van der Waals surface area contributed by atoms with E-state index in [0.717, 1.165) is 5.56 Å². The molecule has 0 aromatic heterocycles. The Morgan fingerprint density at radius 1 is 1.23 bits per heavy atom. The van der Waals surface area contributed by atoms with Crippen LogP contribution in [0.3, 0.4) is 0 Å². The fraction of sp³-hybridized carbons (Fsp3) is 0.190. The van der Waals surface area contributed by atoms with Crippen molar-refractivity contribution in [1.29, 1.82) is 0 Å². The van der Waals surface area contributed by atoms with Crippen molar-refractivity contribution < 1.29 is 23.8 Å². The van der Waals surface area contributed by atoms with Crippen LogP contribution in [0, 0.1) is 0 Å². The lowest BCUT2D eigenvalue weighted by Crippen LogP contribution is -2.40. The molecule has 2 aliphatic rings. The zero-order chi connectivity index (χ0) is 22.0. The van der Waals surface area contributed by atoms with Crippen LogP contribution in [0.5, 0.6) is 17.2 Å². The molecule has 0 aliphatic carbocycles. The number of rotatable bonds is 4. The predicted molar refractivity (Wildman–Crippen MR) is 124 cm³/mol. The molecule has 4 rings (SSSR count). The van der Waals surface area contributed by atoms with E-state index in [0.29, 0.717) is 51.0 Å². The van der Waals surface area contributed by atoms with Gasteiger partial charge in [0, 0.05) is 11.8 Å². The number of hydrogen-bond acceptors (Lipinski definition) is 7. The SMILES string of the molecule is COc1ccc(NC(=O)N2CCOc3ccc(C=C4SC(=S)NC4=O)cc32)cc1OC. The number of ether oxygens (including phenoxy) is 3. The van der Waals surface area contributed by atoms with E-state index >= 15 is 0 Å². The third-order valence-electron chi connectivity index (χ3n) is 4.67. The summed E-state index contributed by atoms with van der Waals surface area (Å²) in [5, 5.41) is 5.47. The maximum absolute atomic E-state index is 13.0. The number of thioether (sulfide) groups is 1. The summed E-state index contributed by atoms with van der Waals surface area (Å²) < 4.78 is 16.7. The first-order chi connectivity index (χ1) is 15.0. The highest BCUT2D eigenvalue weighted by Crippen LogP contribution is 2.35. The number of carbonyl (C=O) groups excluding carboxylic acids is 2. The van der Waals surface area contributed by atoms with Gasteiger partial charge in [-0.2, -0.15) is 0 Å². The second kappa shape index (κ2) is 8.86. The van der Waals surface area contributed by atoms with E-state index in [1.807, 2.05) is 12.1 Å². The fourth-order valence-electron chi connectivity index (χ4n) is 3.21. The minimum Gasteiger partial charge on any atom is -0.493 e. The first-order valence-electron chi connectivity index (χ1n) is 9.31. The number of benzene rings is 2. The molecule has 0 bridgehead atoms. The molecule has 2 aliphatic heterocycles. The van der Waals surface area contributed by atoms with Crippen molar-refractivity contribution in [2.45, 2.75) is 0 Å². The Balaban J connectivity index is 1.58. The van der Waals surface area contributed by atoms with Crippen molar-refractivity contribution in [1.82, 2.24) is 5.32 Å². The molecule has 1 saturated heterocycles. The summed E-state index contributed by atoms with van der Waals surface area (Å²) >= 11 is 6.23. The summed E-state index contributed by atoms with van der Waals surface area (Å²) in [6.45, 7) is 0.755. The molecule has 31 heavy (non-hydrogen) atoms. The van der Waals surface area contributed by atoms with Crippen LogP contribution >= 0.6 is 24.0 Å². The van der Waals surface area contributed by atoms with Gasteiger partial charge >= 0.3 is 6.03 Å². The zero-order valence-electron chi connectivity index (χ0n) is 16.8. The standard InChI is InChI=1S/C21H19N3O5S2/c1-27-16-6-4-13(11-17(16)28-2)22-20(26)24-7-8-29-15-5-3-12(9-14(15)24)10-18-19(25)23-21(30)31-18/h3-6,9-11H,7-8H2,1-2H3,(H,22,26)(H,23,25,30). The maximum Gasteiger partial charge on any atom is 0.326 e. The highest BCUT2D eigenvalue weighted by molar-refractivity contribution is 8.26. The van der Waals surface area contributed by atoms with Crippen molar-refractivity contribution in [2.24, 2.45) is 0 Å². The van der Waals surface area contributed by atoms with Crippen LogP contribution in [0.4, 0.5) is 16.2 Å². The quantitative estimate of drug-likeness (QED) is 0.535. The van der Waals surface area contributed by atoms with E-state index in [2.05, 4.69) is 10.6 Å². The molecule has 1 fully saturated rings. The summed E-state index contributed by atoms with van der Waals surface area (Å²) in [5.41, 5.74) is 1.95. The average Bonchev–Trinajstić information content (AvgIpc) is 3.09. The number of urea groups is 1. The molecule has 2 aromatic carbocycles.